The number of phenols is 1. The number of rotatable bonds is 6. The smallest absolute Gasteiger partial charge is 0.189 e. The van der Waals surface area contributed by atoms with Gasteiger partial charge < -0.3 is 15.2 Å². The zero-order valence-corrected chi connectivity index (χ0v) is 14.5. The Labute approximate surface area is 155 Å². The third-order valence-corrected chi connectivity index (χ3v) is 3.81. The van der Waals surface area contributed by atoms with Crippen molar-refractivity contribution >= 4 is 23.4 Å². The number of methoxy groups -OCH3 is 1. The van der Waals surface area contributed by atoms with Crippen LogP contribution >= 0.6 is 0 Å². The molecule has 0 atom stereocenters. The lowest BCUT2D eigenvalue weighted by molar-refractivity contribution is 0.104. The summed E-state index contributed by atoms with van der Waals surface area (Å²) < 4.78 is 18.0. The molecule has 0 saturated carbocycles. The van der Waals surface area contributed by atoms with E-state index in [9.17, 15) is 14.3 Å². The minimum absolute atomic E-state index is 0.00728. The monoisotopic (exact) mass is 364 g/mol. The first-order valence-electron chi connectivity index (χ1n) is 8.14. The molecule has 0 bridgehead atoms. The highest BCUT2D eigenvalue weighted by atomic mass is 19.1. The van der Waals surface area contributed by atoms with Crippen LogP contribution in [0, 0.1) is 5.82 Å². The summed E-state index contributed by atoms with van der Waals surface area (Å²) >= 11 is 0. The molecule has 0 unspecified atom stereocenters. The third-order valence-electron chi connectivity index (χ3n) is 3.81. The van der Waals surface area contributed by atoms with Gasteiger partial charge in [-0.3, -0.25) is 4.79 Å². The minimum Gasteiger partial charge on any atom is -0.504 e. The number of hydrogen-bond acceptors (Lipinski definition) is 5. The number of ketones is 1. The molecule has 3 rings (SSSR count). The number of nitrogens with one attached hydrogen (secondary N) is 1. The second kappa shape index (κ2) is 8.14. The van der Waals surface area contributed by atoms with E-state index in [0.717, 1.165) is 0 Å². The van der Waals surface area contributed by atoms with Crippen LogP contribution in [0.3, 0.4) is 0 Å². The molecular weight excluding hydrogens is 347 g/mol. The van der Waals surface area contributed by atoms with E-state index in [2.05, 4.69) is 10.3 Å². The van der Waals surface area contributed by atoms with Gasteiger partial charge in [-0.2, -0.15) is 0 Å². The van der Waals surface area contributed by atoms with Crippen molar-refractivity contribution in [3.8, 4) is 11.5 Å². The average molecular weight is 364 g/mol. The molecule has 0 radical (unpaired) electrons. The van der Waals surface area contributed by atoms with Crippen molar-refractivity contribution in [2.45, 2.75) is 0 Å². The molecule has 1 aromatic heterocycles. The van der Waals surface area contributed by atoms with Gasteiger partial charge in [-0.05, 0) is 60.2 Å². The highest BCUT2D eigenvalue weighted by Gasteiger charge is 2.10. The molecule has 5 nitrogen and oxygen atoms in total. The predicted molar refractivity (Wildman–Crippen MR) is 102 cm³/mol. The Morgan fingerprint density at radius 2 is 1.96 bits per heavy atom. The van der Waals surface area contributed by atoms with Gasteiger partial charge in [0.05, 0.1) is 12.7 Å². The van der Waals surface area contributed by atoms with Crippen molar-refractivity contribution in [2.75, 3.05) is 12.4 Å². The molecular formula is C21H17FN2O3. The Hall–Kier alpha value is -3.67. The number of pyridine rings is 1. The zero-order valence-electron chi connectivity index (χ0n) is 14.5. The zero-order chi connectivity index (χ0) is 19.2. The SMILES string of the molecule is COc1ccc(C=CC(=O)c2cccnc2Nc2ccc(F)cc2)cc1O. The van der Waals surface area contributed by atoms with Gasteiger partial charge in [0, 0.05) is 11.9 Å². The van der Waals surface area contributed by atoms with Crippen LogP contribution in [-0.4, -0.2) is 23.0 Å². The number of carbonyl (C=O) groups excluding carboxylic acids is 1. The Kier molecular flexibility index (Phi) is 5.47. The fourth-order valence-electron chi connectivity index (χ4n) is 2.45. The highest BCUT2D eigenvalue weighted by molar-refractivity contribution is 6.10. The first kappa shape index (κ1) is 18.1. The molecule has 2 N–H and O–H groups in total. The van der Waals surface area contributed by atoms with Gasteiger partial charge in [0.1, 0.15) is 11.6 Å². The predicted octanol–water partition coefficient (Wildman–Crippen LogP) is 4.57. The van der Waals surface area contributed by atoms with Gasteiger partial charge in [-0.1, -0.05) is 12.1 Å². The molecule has 0 fully saturated rings. The Bertz CT molecular complexity index is 985. The van der Waals surface area contributed by atoms with Crippen molar-refractivity contribution < 1.29 is 19.0 Å². The Balaban J connectivity index is 1.80. The normalized spacial score (nSPS) is 10.7. The molecule has 0 spiro atoms. The van der Waals surface area contributed by atoms with Crippen LogP contribution in [0.1, 0.15) is 15.9 Å². The minimum atomic E-state index is -0.344. The summed E-state index contributed by atoms with van der Waals surface area (Å²) in [6.45, 7) is 0. The van der Waals surface area contributed by atoms with E-state index >= 15 is 0 Å². The molecule has 0 amide bonds. The highest BCUT2D eigenvalue weighted by Crippen LogP contribution is 2.27. The first-order valence-corrected chi connectivity index (χ1v) is 8.14. The van der Waals surface area contributed by atoms with Crippen LogP contribution in [0.2, 0.25) is 0 Å². The number of aromatic hydroxyl groups is 1. The molecule has 0 aliphatic rings. The van der Waals surface area contributed by atoms with Gasteiger partial charge in [0.25, 0.3) is 0 Å². The number of allylic oxidation sites excluding steroid dienone is 1. The van der Waals surface area contributed by atoms with Crippen molar-refractivity contribution in [2.24, 2.45) is 0 Å². The van der Waals surface area contributed by atoms with Crippen molar-refractivity contribution in [3.05, 3.63) is 83.8 Å². The molecule has 0 aliphatic heterocycles. The van der Waals surface area contributed by atoms with Gasteiger partial charge in [-0.25, -0.2) is 9.37 Å². The lowest BCUT2D eigenvalue weighted by Crippen LogP contribution is -2.03. The number of anilines is 2. The maximum absolute atomic E-state index is 13.0. The lowest BCUT2D eigenvalue weighted by Gasteiger charge is -2.09. The summed E-state index contributed by atoms with van der Waals surface area (Å²) in [5, 5.41) is 12.8. The third kappa shape index (κ3) is 4.49. The average Bonchev–Trinajstić information content (AvgIpc) is 2.68. The van der Waals surface area contributed by atoms with Crippen LogP contribution < -0.4 is 10.1 Å². The van der Waals surface area contributed by atoms with Gasteiger partial charge in [-0.15, -0.1) is 0 Å². The number of phenolic OH excluding ortho intramolecular Hbond substituents is 1. The molecule has 0 saturated heterocycles. The van der Waals surface area contributed by atoms with Crippen LogP contribution in [0.5, 0.6) is 11.5 Å². The number of ether oxygens (including phenoxy) is 1. The first-order chi connectivity index (χ1) is 13.1. The quantitative estimate of drug-likeness (QED) is 0.495. The second-order valence-corrected chi connectivity index (χ2v) is 5.66. The molecule has 3 aromatic rings. The van der Waals surface area contributed by atoms with Crippen molar-refractivity contribution in [1.29, 1.82) is 0 Å². The molecule has 1 heterocycles. The van der Waals surface area contributed by atoms with E-state index < -0.39 is 0 Å². The maximum Gasteiger partial charge on any atom is 0.189 e. The topological polar surface area (TPSA) is 71.5 Å². The summed E-state index contributed by atoms with van der Waals surface area (Å²) in [5.74, 6) is 0.117. The maximum atomic E-state index is 13.0. The fourth-order valence-corrected chi connectivity index (χ4v) is 2.45. The number of carbonyl (C=O) groups is 1. The van der Waals surface area contributed by atoms with Crippen molar-refractivity contribution in [1.82, 2.24) is 4.98 Å². The van der Waals surface area contributed by atoms with Crippen LogP contribution in [0.4, 0.5) is 15.9 Å². The fraction of sp³-hybridized carbons (Fsp3) is 0.0476. The molecule has 136 valence electrons. The lowest BCUT2D eigenvalue weighted by atomic mass is 10.1. The van der Waals surface area contributed by atoms with E-state index in [1.807, 2.05) is 0 Å². The molecule has 2 aromatic carbocycles. The van der Waals surface area contributed by atoms with Crippen LogP contribution in [-0.2, 0) is 0 Å². The van der Waals surface area contributed by atoms with Gasteiger partial charge in [0.15, 0.2) is 17.3 Å². The largest absolute Gasteiger partial charge is 0.504 e. The van der Waals surface area contributed by atoms with Crippen LogP contribution in [0.15, 0.2) is 66.9 Å². The number of aromatic nitrogens is 1. The van der Waals surface area contributed by atoms with E-state index in [1.54, 1.807) is 48.7 Å². The number of nitrogens with zero attached hydrogens (tertiary/aromatic N) is 1. The Morgan fingerprint density at radius 3 is 2.67 bits per heavy atom. The van der Waals surface area contributed by atoms with Gasteiger partial charge >= 0.3 is 0 Å². The molecule has 6 heteroatoms. The second-order valence-electron chi connectivity index (χ2n) is 5.66. The van der Waals surface area contributed by atoms with E-state index in [1.165, 1.54) is 31.4 Å². The van der Waals surface area contributed by atoms with Gasteiger partial charge in [0.2, 0.25) is 0 Å². The van der Waals surface area contributed by atoms with Crippen molar-refractivity contribution in [3.63, 3.8) is 0 Å². The summed E-state index contributed by atoms with van der Waals surface area (Å²) in [5.41, 5.74) is 1.64. The summed E-state index contributed by atoms with van der Waals surface area (Å²) in [7, 11) is 1.46. The Morgan fingerprint density at radius 1 is 1.19 bits per heavy atom. The van der Waals surface area contributed by atoms with E-state index in [4.69, 9.17) is 4.74 Å². The summed E-state index contributed by atoms with van der Waals surface area (Å²) in [6, 6.07) is 13.9. The molecule has 27 heavy (non-hydrogen) atoms. The van der Waals surface area contributed by atoms with E-state index in [-0.39, 0.29) is 17.3 Å². The summed E-state index contributed by atoms with van der Waals surface area (Å²) in [6.07, 6.45) is 4.55. The number of hydrogen-bond donors (Lipinski definition) is 2. The standard InChI is InChI=1S/C21H17FN2O3/c1-27-20-11-5-14(13-19(20)26)4-10-18(25)17-3-2-12-23-21(17)24-16-8-6-15(22)7-9-16/h2-13,26H,1H3,(H,23,24). The molecule has 0 aliphatic carbocycles. The number of halogens is 1. The van der Waals surface area contributed by atoms with Crippen LogP contribution in [0.25, 0.3) is 6.08 Å². The summed E-state index contributed by atoms with van der Waals surface area (Å²) in [4.78, 5) is 16.8. The number of benzene rings is 2. The van der Waals surface area contributed by atoms with E-state index in [0.29, 0.717) is 28.4 Å².